The van der Waals surface area contributed by atoms with Gasteiger partial charge in [0.25, 0.3) is 5.91 Å². The summed E-state index contributed by atoms with van der Waals surface area (Å²) in [5.41, 5.74) is 1.33. The number of carbonyl (C=O) groups is 1. The molecule has 2 heterocycles. The van der Waals surface area contributed by atoms with E-state index in [9.17, 15) is 4.79 Å². The van der Waals surface area contributed by atoms with Gasteiger partial charge in [0.1, 0.15) is 5.76 Å². The summed E-state index contributed by atoms with van der Waals surface area (Å²) < 4.78 is 21.6. The molecule has 2 aromatic rings. The summed E-state index contributed by atoms with van der Waals surface area (Å²) in [7, 11) is 4.76. The number of aromatic nitrogens is 1. The Labute approximate surface area is 152 Å². The highest BCUT2D eigenvalue weighted by molar-refractivity contribution is 5.98. The Kier molecular flexibility index (Phi) is 5.46. The molecule has 1 aliphatic rings. The van der Waals surface area contributed by atoms with Gasteiger partial charge in [-0.25, -0.2) is 0 Å². The largest absolute Gasteiger partial charge is 0.493 e. The van der Waals surface area contributed by atoms with E-state index >= 15 is 0 Å². The zero-order chi connectivity index (χ0) is 18.7. The quantitative estimate of drug-likeness (QED) is 0.787. The molecule has 140 valence electrons. The van der Waals surface area contributed by atoms with Crippen LogP contribution < -0.4 is 9.47 Å². The molecule has 7 nitrogen and oxygen atoms in total. The summed E-state index contributed by atoms with van der Waals surface area (Å²) in [5.74, 6) is 1.84. The van der Waals surface area contributed by atoms with E-state index in [-0.39, 0.29) is 17.9 Å². The standard InChI is InChI=1S/C19H24N2O5/c1-12-8-14(26-20-12)9-13-10-21(11-17(13)24-3)19(22)15-6-5-7-16(23-2)18(15)25-4/h5-8,13,17H,9-11H2,1-4H3/t13-,17+/m1/s1. The number of para-hydroxylation sites is 1. The molecule has 0 unspecified atom stereocenters. The topological polar surface area (TPSA) is 74.0 Å². The molecular weight excluding hydrogens is 336 g/mol. The number of benzene rings is 1. The summed E-state index contributed by atoms with van der Waals surface area (Å²) >= 11 is 0. The lowest BCUT2D eigenvalue weighted by Gasteiger charge is -2.19. The summed E-state index contributed by atoms with van der Waals surface area (Å²) in [6.07, 6.45) is 0.624. The Hall–Kier alpha value is -2.54. The number of hydrogen-bond donors (Lipinski definition) is 0. The van der Waals surface area contributed by atoms with Crippen molar-refractivity contribution < 1.29 is 23.5 Å². The van der Waals surface area contributed by atoms with Crippen LogP contribution in [-0.4, -0.2) is 56.5 Å². The number of methoxy groups -OCH3 is 3. The highest BCUT2D eigenvalue weighted by Gasteiger charge is 2.37. The third-order valence-corrected chi connectivity index (χ3v) is 4.74. The molecule has 1 aromatic heterocycles. The zero-order valence-electron chi connectivity index (χ0n) is 15.5. The second-order valence-corrected chi connectivity index (χ2v) is 6.42. The first-order valence-electron chi connectivity index (χ1n) is 8.52. The highest BCUT2D eigenvalue weighted by atomic mass is 16.5. The molecule has 1 aromatic carbocycles. The highest BCUT2D eigenvalue weighted by Crippen LogP contribution is 2.33. The van der Waals surface area contributed by atoms with Crippen LogP contribution in [0.25, 0.3) is 0 Å². The summed E-state index contributed by atoms with van der Waals surface area (Å²) in [6.45, 7) is 2.99. The van der Waals surface area contributed by atoms with Crippen molar-refractivity contribution in [2.24, 2.45) is 5.92 Å². The minimum Gasteiger partial charge on any atom is -0.493 e. The van der Waals surface area contributed by atoms with Crippen LogP contribution >= 0.6 is 0 Å². The molecule has 0 N–H and O–H groups in total. The van der Waals surface area contributed by atoms with Crippen molar-refractivity contribution in [2.75, 3.05) is 34.4 Å². The molecule has 0 radical (unpaired) electrons. The fraction of sp³-hybridized carbons (Fsp3) is 0.474. The summed E-state index contributed by atoms with van der Waals surface area (Å²) in [5, 5.41) is 3.93. The number of hydrogen-bond acceptors (Lipinski definition) is 6. The Morgan fingerprint density at radius 1 is 1.27 bits per heavy atom. The first-order chi connectivity index (χ1) is 12.6. The van der Waals surface area contributed by atoms with Crippen LogP contribution in [-0.2, 0) is 11.2 Å². The Bertz CT molecular complexity index is 773. The van der Waals surface area contributed by atoms with Gasteiger partial charge in [-0.15, -0.1) is 0 Å². The van der Waals surface area contributed by atoms with Crippen molar-refractivity contribution in [3.63, 3.8) is 0 Å². The maximum atomic E-state index is 13.1. The zero-order valence-corrected chi connectivity index (χ0v) is 15.5. The number of amides is 1. The van der Waals surface area contributed by atoms with Crippen LogP contribution in [0.2, 0.25) is 0 Å². The molecule has 1 amide bonds. The fourth-order valence-corrected chi connectivity index (χ4v) is 3.47. The van der Waals surface area contributed by atoms with Crippen LogP contribution in [0.15, 0.2) is 28.8 Å². The van der Waals surface area contributed by atoms with Crippen LogP contribution in [0.1, 0.15) is 21.8 Å². The lowest BCUT2D eigenvalue weighted by molar-refractivity contribution is 0.0670. The SMILES string of the molecule is COc1cccc(C(=O)N2C[C@@H](Cc3cc(C)no3)[C@@H](OC)C2)c1OC. The minimum absolute atomic E-state index is 0.0547. The molecule has 7 heteroatoms. The van der Waals surface area contributed by atoms with Crippen molar-refractivity contribution in [2.45, 2.75) is 19.4 Å². The van der Waals surface area contributed by atoms with Gasteiger partial charge in [-0.2, -0.15) is 0 Å². The van der Waals surface area contributed by atoms with E-state index in [2.05, 4.69) is 5.16 Å². The molecule has 0 saturated carbocycles. The first-order valence-corrected chi connectivity index (χ1v) is 8.52. The van der Waals surface area contributed by atoms with Gasteiger partial charge in [-0.1, -0.05) is 11.2 Å². The van der Waals surface area contributed by atoms with Crippen LogP contribution in [0.3, 0.4) is 0 Å². The average Bonchev–Trinajstić information content (AvgIpc) is 3.26. The van der Waals surface area contributed by atoms with Gasteiger partial charge in [0.2, 0.25) is 0 Å². The molecule has 2 atom stereocenters. The monoisotopic (exact) mass is 360 g/mol. The Balaban J connectivity index is 1.78. The molecular formula is C19H24N2O5. The number of rotatable bonds is 6. The van der Waals surface area contributed by atoms with Gasteiger partial charge in [0, 0.05) is 38.6 Å². The van der Waals surface area contributed by atoms with E-state index in [0.29, 0.717) is 36.6 Å². The molecule has 0 aliphatic carbocycles. The predicted molar refractivity (Wildman–Crippen MR) is 94.7 cm³/mol. The molecule has 0 bridgehead atoms. The first kappa shape index (κ1) is 18.3. The molecule has 26 heavy (non-hydrogen) atoms. The van der Waals surface area contributed by atoms with Gasteiger partial charge < -0.3 is 23.6 Å². The second kappa shape index (κ2) is 7.78. The van der Waals surface area contributed by atoms with Crippen molar-refractivity contribution in [3.8, 4) is 11.5 Å². The summed E-state index contributed by atoms with van der Waals surface area (Å²) in [4.78, 5) is 14.8. The van der Waals surface area contributed by atoms with Crippen LogP contribution in [0.4, 0.5) is 0 Å². The van der Waals surface area contributed by atoms with Gasteiger partial charge in [0.05, 0.1) is 31.6 Å². The molecule has 1 saturated heterocycles. The number of aryl methyl sites for hydroxylation is 1. The van der Waals surface area contributed by atoms with Crippen LogP contribution in [0.5, 0.6) is 11.5 Å². The van der Waals surface area contributed by atoms with Crippen LogP contribution in [0, 0.1) is 12.8 Å². The Morgan fingerprint density at radius 3 is 2.69 bits per heavy atom. The van der Waals surface area contributed by atoms with E-state index in [1.165, 1.54) is 7.11 Å². The van der Waals surface area contributed by atoms with E-state index in [4.69, 9.17) is 18.7 Å². The summed E-state index contributed by atoms with van der Waals surface area (Å²) in [6, 6.07) is 7.22. The maximum Gasteiger partial charge on any atom is 0.257 e. The van der Waals surface area contributed by atoms with Gasteiger partial charge in [-0.05, 0) is 19.1 Å². The normalized spacial score (nSPS) is 19.6. The molecule has 0 spiro atoms. The van der Waals surface area contributed by atoms with Gasteiger partial charge in [0.15, 0.2) is 11.5 Å². The van der Waals surface area contributed by atoms with Gasteiger partial charge in [-0.3, -0.25) is 4.79 Å². The van der Waals surface area contributed by atoms with Crippen molar-refractivity contribution in [1.29, 1.82) is 0 Å². The lowest BCUT2D eigenvalue weighted by Crippen LogP contribution is -2.30. The Morgan fingerprint density at radius 2 is 2.08 bits per heavy atom. The predicted octanol–water partition coefficient (Wildman–Crippen LogP) is 2.33. The lowest BCUT2D eigenvalue weighted by atomic mass is 10.0. The second-order valence-electron chi connectivity index (χ2n) is 6.42. The smallest absolute Gasteiger partial charge is 0.257 e. The van der Waals surface area contributed by atoms with E-state index < -0.39 is 0 Å². The number of likely N-dealkylation sites (tertiary alicyclic amines) is 1. The van der Waals surface area contributed by atoms with Crippen molar-refractivity contribution >= 4 is 5.91 Å². The number of ether oxygens (including phenoxy) is 3. The molecule has 1 fully saturated rings. The number of carbonyl (C=O) groups excluding carboxylic acids is 1. The fourth-order valence-electron chi connectivity index (χ4n) is 3.47. The maximum absolute atomic E-state index is 13.1. The third kappa shape index (κ3) is 3.53. The van der Waals surface area contributed by atoms with E-state index in [0.717, 1.165) is 11.5 Å². The minimum atomic E-state index is -0.0981. The van der Waals surface area contributed by atoms with Gasteiger partial charge >= 0.3 is 0 Å². The molecule has 3 rings (SSSR count). The van der Waals surface area contributed by atoms with Crippen molar-refractivity contribution in [1.82, 2.24) is 10.1 Å². The van der Waals surface area contributed by atoms with E-state index in [1.807, 2.05) is 13.0 Å². The average molecular weight is 360 g/mol. The molecule has 1 aliphatic heterocycles. The third-order valence-electron chi connectivity index (χ3n) is 4.74. The van der Waals surface area contributed by atoms with Crippen molar-refractivity contribution in [3.05, 3.63) is 41.3 Å². The number of nitrogens with zero attached hydrogens (tertiary/aromatic N) is 2. The van der Waals surface area contributed by atoms with E-state index in [1.54, 1.807) is 37.3 Å².